The van der Waals surface area contributed by atoms with E-state index in [9.17, 15) is 13.2 Å². The predicted octanol–water partition coefficient (Wildman–Crippen LogP) is -1.09. The number of aliphatic carboxylic acids is 1. The van der Waals surface area contributed by atoms with Crippen molar-refractivity contribution >= 4 is 45.6 Å². The van der Waals surface area contributed by atoms with E-state index in [-0.39, 0.29) is 29.6 Å². The monoisotopic (exact) mass is 190 g/mol. The molecule has 0 fully saturated rings. The number of hydrogen-bond acceptors (Lipinski definition) is 4. The molecule has 0 aliphatic rings. The molecule has 60 valence electrons. The van der Waals surface area contributed by atoms with Crippen LogP contribution in [0, 0.1) is 0 Å². The average molecular weight is 190 g/mol. The topological polar surface area (TPSA) is 80.7 Å². The fraction of sp³-hybridized carbons (Fsp3) is 0.250. The Bertz CT molecular complexity index is 254. The van der Waals surface area contributed by atoms with Crippen molar-refractivity contribution < 1.29 is 22.5 Å². The van der Waals surface area contributed by atoms with Crippen LogP contribution >= 0.6 is 0 Å². The van der Waals surface area contributed by atoms with E-state index in [1.54, 1.807) is 0 Å². The van der Waals surface area contributed by atoms with Gasteiger partial charge in [0.25, 0.3) is 0 Å². The van der Waals surface area contributed by atoms with Gasteiger partial charge in [-0.25, -0.2) is 4.79 Å². The Kier molecular flexibility index (Phi) is 6.09. The second-order valence-corrected chi connectivity index (χ2v) is 3.08. The number of hydrogen-bond donors (Lipinski definition) is 1. The van der Waals surface area contributed by atoms with Crippen LogP contribution in [0.15, 0.2) is 11.5 Å². The van der Waals surface area contributed by atoms with Gasteiger partial charge in [-0.2, -0.15) is 8.42 Å². The van der Waals surface area contributed by atoms with E-state index in [4.69, 9.17) is 5.11 Å². The van der Waals surface area contributed by atoms with Gasteiger partial charge in [0.05, 0.1) is 7.11 Å². The van der Waals surface area contributed by atoms with Crippen LogP contribution in [0.3, 0.4) is 0 Å². The summed E-state index contributed by atoms with van der Waals surface area (Å²) in [6.45, 7) is 2.78. The zero-order valence-electron chi connectivity index (χ0n) is 5.20. The van der Waals surface area contributed by atoms with Gasteiger partial charge in [-0.3, -0.25) is 4.18 Å². The summed E-state index contributed by atoms with van der Waals surface area (Å²) < 4.78 is 24.7. The van der Waals surface area contributed by atoms with Gasteiger partial charge in [-0.1, -0.05) is 6.58 Å². The summed E-state index contributed by atoms with van der Waals surface area (Å²) in [5.41, 5.74) is 0. The first kappa shape index (κ1) is 13.7. The Balaban J connectivity index is 0. The molecule has 0 saturated heterocycles. The molecule has 0 atom stereocenters. The zero-order valence-corrected chi connectivity index (χ0v) is 6.01. The van der Waals surface area contributed by atoms with Gasteiger partial charge in [-0.15, -0.1) is 0 Å². The van der Waals surface area contributed by atoms with Gasteiger partial charge in [0.1, 0.15) is 0 Å². The number of carboxylic acids is 1. The van der Waals surface area contributed by atoms with E-state index in [2.05, 4.69) is 10.8 Å². The normalized spacial score (nSPS) is 9.91. The van der Waals surface area contributed by atoms with E-state index >= 15 is 0 Å². The summed E-state index contributed by atoms with van der Waals surface area (Å²) in [5, 5.41) is 8.09. The van der Waals surface area contributed by atoms with E-state index in [1.165, 1.54) is 0 Å². The molecule has 0 saturated carbocycles. The average Bonchev–Trinajstić information content (AvgIpc) is 1.86. The second kappa shape index (κ2) is 4.89. The number of carboxylic acid groups (broad SMARTS) is 1. The fourth-order valence-electron chi connectivity index (χ4n) is 0.208. The second-order valence-electron chi connectivity index (χ2n) is 1.35. The molecule has 0 unspecified atom stereocenters. The molecule has 0 bridgehead atoms. The van der Waals surface area contributed by atoms with Crippen LogP contribution in [0.1, 0.15) is 0 Å². The molecule has 0 aromatic carbocycles. The van der Waals surface area contributed by atoms with Crippen molar-refractivity contribution in [3.63, 3.8) is 0 Å². The molecule has 7 heteroatoms. The van der Waals surface area contributed by atoms with E-state index in [0.717, 1.165) is 7.11 Å². The third-order valence-corrected chi connectivity index (χ3v) is 1.98. The minimum absolute atomic E-state index is 0. The van der Waals surface area contributed by atoms with Crippen LogP contribution in [0.4, 0.5) is 0 Å². The number of carbonyl (C=O) groups is 1. The Morgan fingerprint density at radius 3 is 2.00 bits per heavy atom. The summed E-state index contributed by atoms with van der Waals surface area (Å²) in [6, 6.07) is 0. The van der Waals surface area contributed by atoms with Gasteiger partial charge in [-0.05, 0) is 0 Å². The molecule has 0 aliphatic carbocycles. The standard InChI is InChI=1S/C4H6O5S.Na.H/c1-3(4(5)6)10(7,8)9-2;;/h1H2,2H3,(H,5,6);;. The molecule has 5 nitrogen and oxygen atoms in total. The number of rotatable bonds is 3. The van der Waals surface area contributed by atoms with E-state index in [1.807, 2.05) is 0 Å². The zero-order chi connectivity index (χ0) is 8.36. The molecule has 0 aromatic rings. The van der Waals surface area contributed by atoms with Crippen LogP contribution in [0.5, 0.6) is 0 Å². The molecular weight excluding hydrogens is 183 g/mol. The van der Waals surface area contributed by atoms with Crippen molar-refractivity contribution in [3.05, 3.63) is 11.5 Å². The molecule has 0 rings (SSSR count). The van der Waals surface area contributed by atoms with Crippen LogP contribution in [-0.4, -0.2) is 56.2 Å². The van der Waals surface area contributed by atoms with E-state index < -0.39 is 21.0 Å². The van der Waals surface area contributed by atoms with Gasteiger partial charge in [0.2, 0.25) is 0 Å². The van der Waals surface area contributed by atoms with Crippen LogP contribution in [0.2, 0.25) is 0 Å². The molecule has 1 N–H and O–H groups in total. The van der Waals surface area contributed by atoms with Crippen molar-refractivity contribution in [1.82, 2.24) is 0 Å². The van der Waals surface area contributed by atoms with Crippen LogP contribution in [0.25, 0.3) is 0 Å². The third-order valence-electron chi connectivity index (χ3n) is 0.760. The van der Waals surface area contributed by atoms with Gasteiger partial charge in [0, 0.05) is 0 Å². The molecule has 0 aromatic heterocycles. The molecule has 0 heterocycles. The fourth-order valence-corrected chi connectivity index (χ4v) is 0.623. The Hall–Kier alpha value is 0.120. The summed E-state index contributed by atoms with van der Waals surface area (Å²) >= 11 is 0. The summed E-state index contributed by atoms with van der Waals surface area (Å²) in [7, 11) is -3.23. The van der Waals surface area contributed by atoms with Gasteiger partial charge < -0.3 is 5.11 Å². The Morgan fingerprint density at radius 1 is 1.55 bits per heavy atom. The van der Waals surface area contributed by atoms with Gasteiger partial charge >= 0.3 is 45.6 Å². The Morgan fingerprint density at radius 2 is 1.91 bits per heavy atom. The van der Waals surface area contributed by atoms with Crippen molar-refractivity contribution in [2.75, 3.05) is 7.11 Å². The summed E-state index contributed by atoms with van der Waals surface area (Å²) in [6.07, 6.45) is 0. The molecule has 0 spiro atoms. The van der Waals surface area contributed by atoms with Crippen LogP contribution < -0.4 is 0 Å². The SMILES string of the molecule is C=C(C(=O)O)S(=O)(=O)OC.[NaH]. The minimum atomic E-state index is -4.09. The van der Waals surface area contributed by atoms with Crippen molar-refractivity contribution in [3.8, 4) is 0 Å². The maximum atomic E-state index is 10.4. The molecular formula is C4H7NaO5S. The van der Waals surface area contributed by atoms with E-state index in [0.29, 0.717) is 0 Å². The third kappa shape index (κ3) is 3.88. The summed E-state index contributed by atoms with van der Waals surface area (Å²) in [4.78, 5) is 8.98. The molecule has 0 radical (unpaired) electrons. The molecule has 0 aliphatic heterocycles. The van der Waals surface area contributed by atoms with Crippen LogP contribution in [-0.2, 0) is 19.1 Å². The quantitative estimate of drug-likeness (QED) is 0.347. The molecule has 11 heavy (non-hydrogen) atoms. The first-order chi connectivity index (χ1) is 4.41. The van der Waals surface area contributed by atoms with Crippen molar-refractivity contribution in [1.29, 1.82) is 0 Å². The Labute approximate surface area is 86.5 Å². The van der Waals surface area contributed by atoms with Crippen molar-refractivity contribution in [2.45, 2.75) is 0 Å². The maximum absolute atomic E-state index is 10.4. The first-order valence-corrected chi connectivity index (χ1v) is 3.55. The molecule has 0 amide bonds. The van der Waals surface area contributed by atoms with Crippen molar-refractivity contribution in [2.24, 2.45) is 0 Å². The van der Waals surface area contributed by atoms with Gasteiger partial charge in [0.15, 0.2) is 4.91 Å². The summed E-state index contributed by atoms with van der Waals surface area (Å²) in [5.74, 6) is -1.61. The predicted molar refractivity (Wildman–Crippen MR) is 39.9 cm³/mol. The first-order valence-electron chi connectivity index (χ1n) is 2.14.